The van der Waals surface area contributed by atoms with Gasteiger partial charge in [0.2, 0.25) is 10.0 Å². The lowest BCUT2D eigenvalue weighted by molar-refractivity contribution is 0.390. The molecule has 4 nitrogen and oxygen atoms in total. The number of hydrogen-bond acceptors (Lipinski definition) is 3. The maximum atomic E-state index is 13.3. The second kappa shape index (κ2) is 8.95. The topological polar surface area (TPSA) is 61.2 Å². The number of nitrogens with zero attached hydrogens (tertiary/aromatic N) is 2. The molecule has 0 fully saturated rings. The molecule has 0 radical (unpaired) electrons. The van der Waals surface area contributed by atoms with Crippen molar-refractivity contribution in [2.45, 2.75) is 10.9 Å². The summed E-state index contributed by atoms with van der Waals surface area (Å²) in [5.74, 6) is 0. The summed E-state index contributed by atoms with van der Waals surface area (Å²) in [6, 6.07) is 18.6. The van der Waals surface area contributed by atoms with Crippen LogP contribution >= 0.6 is 0 Å². The third-order valence-corrected chi connectivity index (χ3v) is 5.63. The van der Waals surface area contributed by atoms with Crippen molar-refractivity contribution in [2.24, 2.45) is 0 Å². The number of rotatable bonds is 8. The van der Waals surface area contributed by atoms with Gasteiger partial charge in [-0.2, -0.15) is 9.57 Å². The Morgan fingerprint density at radius 2 is 1.65 bits per heavy atom. The maximum Gasteiger partial charge on any atom is 0.244 e. The summed E-state index contributed by atoms with van der Waals surface area (Å²) in [5, 5.41) is 9.63. The van der Waals surface area contributed by atoms with Crippen LogP contribution in [-0.4, -0.2) is 19.3 Å². The lowest BCUT2D eigenvalue weighted by Gasteiger charge is -2.30. The standard InChI is InChI=1S/C21H20N2O2S/c1-3-11-19(17-22)21(18-12-7-5-8-13-18)23(16-4-2)26(24,25)20-14-9-6-10-15-20/h3-15,21H,1-2,16H2/b19-11+. The Bertz CT molecular complexity index is 927. The van der Waals surface area contributed by atoms with Crippen molar-refractivity contribution in [3.8, 4) is 6.07 Å². The summed E-state index contributed by atoms with van der Waals surface area (Å²) in [6.07, 6.45) is 4.53. The van der Waals surface area contributed by atoms with Gasteiger partial charge in [-0.3, -0.25) is 0 Å². The molecule has 1 unspecified atom stereocenters. The molecule has 26 heavy (non-hydrogen) atoms. The van der Waals surface area contributed by atoms with Gasteiger partial charge in [-0.05, 0) is 23.8 Å². The van der Waals surface area contributed by atoms with Crippen molar-refractivity contribution in [3.63, 3.8) is 0 Å². The Hall–Kier alpha value is -2.94. The lowest BCUT2D eigenvalue weighted by atomic mass is 9.99. The van der Waals surface area contributed by atoms with Crippen LogP contribution in [-0.2, 0) is 10.0 Å². The Morgan fingerprint density at radius 1 is 1.08 bits per heavy atom. The minimum Gasteiger partial charge on any atom is -0.207 e. The molecule has 0 heterocycles. The largest absolute Gasteiger partial charge is 0.244 e. The molecule has 0 amide bonds. The zero-order valence-corrected chi connectivity index (χ0v) is 15.1. The highest BCUT2D eigenvalue weighted by Crippen LogP contribution is 2.33. The average molecular weight is 364 g/mol. The number of nitriles is 1. The fourth-order valence-corrected chi connectivity index (χ4v) is 4.24. The molecule has 5 heteroatoms. The third-order valence-electron chi connectivity index (χ3n) is 3.78. The van der Waals surface area contributed by atoms with Gasteiger partial charge in [0, 0.05) is 6.54 Å². The second-order valence-electron chi connectivity index (χ2n) is 5.46. The van der Waals surface area contributed by atoms with E-state index in [1.165, 1.54) is 34.7 Å². The van der Waals surface area contributed by atoms with E-state index < -0.39 is 16.1 Å². The van der Waals surface area contributed by atoms with Crippen molar-refractivity contribution in [2.75, 3.05) is 6.54 Å². The highest BCUT2D eigenvalue weighted by Gasteiger charge is 2.33. The van der Waals surface area contributed by atoms with Crippen LogP contribution < -0.4 is 0 Å². The fourth-order valence-electron chi connectivity index (χ4n) is 2.65. The molecular formula is C21H20N2O2S. The first kappa shape index (κ1) is 19.4. The van der Waals surface area contributed by atoms with E-state index in [1.807, 2.05) is 18.2 Å². The van der Waals surface area contributed by atoms with Gasteiger partial charge >= 0.3 is 0 Å². The van der Waals surface area contributed by atoms with Gasteiger partial charge in [0.25, 0.3) is 0 Å². The quantitative estimate of drug-likeness (QED) is 0.400. The molecule has 2 aromatic carbocycles. The van der Waals surface area contributed by atoms with Crippen molar-refractivity contribution >= 4 is 10.0 Å². The second-order valence-corrected chi connectivity index (χ2v) is 7.35. The van der Waals surface area contributed by atoms with Crippen molar-refractivity contribution in [1.29, 1.82) is 5.26 Å². The van der Waals surface area contributed by atoms with Crippen LogP contribution in [0.2, 0.25) is 0 Å². The van der Waals surface area contributed by atoms with Crippen molar-refractivity contribution in [3.05, 3.63) is 103 Å². The minimum atomic E-state index is -3.85. The summed E-state index contributed by atoms with van der Waals surface area (Å²) in [5.41, 5.74) is 0.982. The minimum absolute atomic E-state index is 0.0625. The van der Waals surface area contributed by atoms with Gasteiger partial charge in [-0.1, -0.05) is 67.3 Å². The summed E-state index contributed by atoms with van der Waals surface area (Å²) < 4.78 is 27.8. The van der Waals surface area contributed by atoms with Gasteiger partial charge < -0.3 is 0 Å². The van der Waals surface area contributed by atoms with Gasteiger partial charge in [0.05, 0.1) is 22.6 Å². The molecule has 0 saturated heterocycles. The number of allylic oxidation sites excluding steroid dienone is 2. The first-order valence-electron chi connectivity index (χ1n) is 8.01. The monoisotopic (exact) mass is 364 g/mol. The summed E-state index contributed by atoms with van der Waals surface area (Å²) in [6.45, 7) is 7.38. The van der Waals surface area contributed by atoms with Gasteiger partial charge in [0.15, 0.2) is 0 Å². The number of benzene rings is 2. The molecule has 0 aromatic heterocycles. The average Bonchev–Trinajstić information content (AvgIpc) is 2.68. The Labute approximate surface area is 155 Å². The van der Waals surface area contributed by atoms with Crippen LogP contribution in [0.1, 0.15) is 11.6 Å². The molecule has 132 valence electrons. The molecule has 0 bridgehead atoms. The van der Waals surface area contributed by atoms with Crippen LogP contribution in [0.25, 0.3) is 0 Å². The zero-order chi connectivity index (χ0) is 19.0. The molecule has 0 aliphatic heterocycles. The van der Waals surface area contributed by atoms with E-state index in [0.717, 1.165) is 0 Å². The van der Waals surface area contributed by atoms with E-state index in [9.17, 15) is 13.7 Å². The van der Waals surface area contributed by atoms with Crippen LogP contribution in [0.15, 0.2) is 103 Å². The Balaban J connectivity index is 2.69. The molecule has 1 atom stereocenters. The molecule has 0 aliphatic carbocycles. The Morgan fingerprint density at radius 3 is 2.15 bits per heavy atom. The molecule has 2 rings (SSSR count). The normalized spacial score (nSPS) is 13.0. The third kappa shape index (κ3) is 4.17. The molecule has 0 saturated carbocycles. The van der Waals surface area contributed by atoms with Gasteiger partial charge in [-0.15, -0.1) is 6.58 Å². The lowest BCUT2D eigenvalue weighted by Crippen LogP contribution is -2.36. The molecular weight excluding hydrogens is 344 g/mol. The molecule has 0 aliphatic rings. The molecule has 0 spiro atoms. The first-order chi connectivity index (χ1) is 12.6. The first-order valence-corrected chi connectivity index (χ1v) is 9.45. The predicted octanol–water partition coefficient (Wildman–Crippen LogP) is 4.24. The number of sulfonamides is 1. The SMILES string of the molecule is C=C/C=C(\C#N)C(c1ccccc1)N(CC=C)S(=O)(=O)c1ccccc1. The predicted molar refractivity (Wildman–Crippen MR) is 104 cm³/mol. The van der Waals surface area contributed by atoms with E-state index in [2.05, 4.69) is 19.2 Å². The molecule has 0 N–H and O–H groups in total. The van der Waals surface area contributed by atoms with Gasteiger partial charge in [0.1, 0.15) is 0 Å². The van der Waals surface area contributed by atoms with Gasteiger partial charge in [-0.25, -0.2) is 8.42 Å². The van der Waals surface area contributed by atoms with E-state index in [1.54, 1.807) is 30.3 Å². The van der Waals surface area contributed by atoms with Crippen LogP contribution in [0.4, 0.5) is 0 Å². The van der Waals surface area contributed by atoms with Crippen LogP contribution in [0, 0.1) is 11.3 Å². The maximum absolute atomic E-state index is 13.3. The number of hydrogen-bond donors (Lipinski definition) is 0. The van der Waals surface area contributed by atoms with Crippen LogP contribution in [0.5, 0.6) is 0 Å². The zero-order valence-electron chi connectivity index (χ0n) is 14.3. The summed E-state index contributed by atoms with van der Waals surface area (Å²) in [7, 11) is -3.85. The highest BCUT2D eigenvalue weighted by atomic mass is 32.2. The van der Waals surface area contributed by atoms with E-state index in [-0.39, 0.29) is 17.0 Å². The fraction of sp³-hybridized carbons (Fsp3) is 0.0952. The van der Waals surface area contributed by atoms with Crippen molar-refractivity contribution < 1.29 is 8.42 Å². The Kier molecular flexibility index (Phi) is 6.67. The van der Waals surface area contributed by atoms with E-state index in [0.29, 0.717) is 5.56 Å². The van der Waals surface area contributed by atoms with E-state index in [4.69, 9.17) is 0 Å². The summed E-state index contributed by atoms with van der Waals surface area (Å²) >= 11 is 0. The smallest absolute Gasteiger partial charge is 0.207 e. The van der Waals surface area contributed by atoms with E-state index >= 15 is 0 Å². The highest BCUT2D eigenvalue weighted by molar-refractivity contribution is 7.89. The molecule has 2 aromatic rings. The van der Waals surface area contributed by atoms with Crippen molar-refractivity contribution in [1.82, 2.24) is 4.31 Å². The summed E-state index contributed by atoms with van der Waals surface area (Å²) in [4.78, 5) is 0.165. The van der Waals surface area contributed by atoms with Crippen LogP contribution in [0.3, 0.4) is 0 Å².